The van der Waals surface area contributed by atoms with E-state index in [1.54, 1.807) is 20.0 Å². The van der Waals surface area contributed by atoms with Crippen molar-refractivity contribution in [3.63, 3.8) is 0 Å². The van der Waals surface area contributed by atoms with E-state index in [-0.39, 0.29) is 6.61 Å². The molecule has 3 nitrogen and oxygen atoms in total. The molecule has 0 saturated carbocycles. The average molecular weight is 439 g/mol. The van der Waals surface area contributed by atoms with Crippen molar-refractivity contribution >= 4 is 7.48 Å². The highest BCUT2D eigenvalue weighted by atomic mass is 16.5. The molecular weight excluding hydrogens is 407 g/mol. The molecule has 1 aliphatic heterocycles. The minimum absolute atomic E-state index is 0.0633. The Kier molecular flexibility index (Phi) is 7.99. The van der Waals surface area contributed by atoms with Gasteiger partial charge >= 0.3 is 0 Å². The van der Waals surface area contributed by atoms with Crippen molar-refractivity contribution in [3.8, 4) is 0 Å². The predicted molar refractivity (Wildman–Crippen MR) is 137 cm³/mol. The van der Waals surface area contributed by atoms with Crippen molar-refractivity contribution < 1.29 is 14.5 Å². The normalized spacial score (nSPS) is 25.7. The Morgan fingerprint density at radius 2 is 1.94 bits per heavy atom. The van der Waals surface area contributed by atoms with Crippen molar-refractivity contribution in [2.24, 2.45) is 0 Å². The fraction of sp³-hybridized carbons (Fsp3) is 0.276. The number of hydrogen-bond donors (Lipinski definition) is 1. The van der Waals surface area contributed by atoms with Gasteiger partial charge in [-0.3, -0.25) is 0 Å². The maximum absolute atomic E-state index is 9.49. The molecule has 1 N–H and O–H groups in total. The first-order valence-corrected chi connectivity index (χ1v) is 11.2. The number of allylic oxidation sites excluding steroid dienone is 10. The Morgan fingerprint density at radius 3 is 2.64 bits per heavy atom. The first-order valence-electron chi connectivity index (χ1n) is 11.2. The van der Waals surface area contributed by atoms with Gasteiger partial charge in [-0.25, -0.2) is 0 Å². The van der Waals surface area contributed by atoms with Crippen LogP contribution in [0.4, 0.5) is 0 Å². The molecule has 0 amide bonds. The van der Waals surface area contributed by atoms with E-state index in [1.807, 2.05) is 38.2 Å². The maximum Gasteiger partial charge on any atom is 0.297 e. The molecule has 2 aliphatic rings. The van der Waals surface area contributed by atoms with Gasteiger partial charge in [0.1, 0.15) is 0 Å². The van der Waals surface area contributed by atoms with Crippen LogP contribution < -0.4 is 0 Å². The van der Waals surface area contributed by atoms with Crippen molar-refractivity contribution in [2.45, 2.75) is 45.0 Å². The summed E-state index contributed by atoms with van der Waals surface area (Å²) in [4.78, 5) is 0. The van der Waals surface area contributed by atoms with Gasteiger partial charge in [-0.05, 0) is 80.6 Å². The molecule has 1 aromatic rings. The van der Waals surface area contributed by atoms with Crippen molar-refractivity contribution in [1.82, 2.24) is 0 Å². The second-order valence-corrected chi connectivity index (χ2v) is 8.92. The molecule has 0 fully saturated rings. The third-order valence-corrected chi connectivity index (χ3v) is 5.95. The van der Waals surface area contributed by atoms with Crippen LogP contribution in [0.25, 0.3) is 0 Å². The molecule has 1 heterocycles. The molecular formula is C29H32BO3. The molecule has 33 heavy (non-hydrogen) atoms. The molecule has 1 radical (unpaired) electrons. The minimum atomic E-state index is -0.636. The van der Waals surface area contributed by atoms with Crippen LogP contribution in [-0.4, -0.2) is 24.8 Å². The summed E-state index contributed by atoms with van der Waals surface area (Å²) in [6.07, 6.45) is 17.9. The van der Waals surface area contributed by atoms with E-state index < -0.39 is 11.0 Å². The second kappa shape index (κ2) is 10.7. The largest absolute Gasteiger partial charge is 0.473 e. The van der Waals surface area contributed by atoms with Crippen molar-refractivity contribution in [1.29, 1.82) is 0 Å². The molecule has 0 saturated heterocycles. The second-order valence-electron chi connectivity index (χ2n) is 8.92. The summed E-state index contributed by atoms with van der Waals surface area (Å²) >= 11 is 0. The maximum atomic E-state index is 9.49. The summed E-state index contributed by atoms with van der Waals surface area (Å²) in [5.41, 5.74) is 8.64. The lowest BCUT2D eigenvalue weighted by molar-refractivity contribution is 0.0445. The highest BCUT2D eigenvalue weighted by Gasteiger charge is 2.40. The SMILES string of the molecule is C=C1/C=C(C[B]OC(C)(C)CO)\C=C/O/C=C\C=C(/C)C1(C1=C=CC=C1)c1ccccc1C. The summed E-state index contributed by atoms with van der Waals surface area (Å²) in [5, 5.41) is 9.49. The molecule has 0 bridgehead atoms. The topological polar surface area (TPSA) is 38.7 Å². The quantitative estimate of drug-likeness (QED) is 0.406. The lowest BCUT2D eigenvalue weighted by Crippen LogP contribution is -2.32. The molecule has 1 aromatic carbocycles. The van der Waals surface area contributed by atoms with E-state index >= 15 is 0 Å². The van der Waals surface area contributed by atoms with Gasteiger partial charge in [0, 0.05) is 5.57 Å². The van der Waals surface area contributed by atoms with E-state index in [2.05, 4.69) is 68.7 Å². The summed E-state index contributed by atoms with van der Waals surface area (Å²) in [6, 6.07) is 8.43. The minimum Gasteiger partial charge on any atom is -0.473 e. The standard InChI is InChI=1S/C29H32BO3/c1-22-11-6-9-15-27(22)29(26-13-7-8-14-26)23(2)12-10-17-32-18-16-25(19-24(29)3)20-30-33-28(4,5)21-31/h6-13,15-19,31H,3,20-21H2,1-2,4-5H3/b17-10-,18-16-,23-12+,25-19+. The first-order chi connectivity index (χ1) is 15.8. The number of aliphatic hydroxyl groups excluding tert-OH is 1. The molecule has 1 aliphatic carbocycles. The number of ether oxygens (including phenoxy) is 1. The van der Waals surface area contributed by atoms with Gasteiger partial charge in [-0.2, -0.15) is 0 Å². The molecule has 169 valence electrons. The van der Waals surface area contributed by atoms with Crippen LogP contribution in [0.5, 0.6) is 0 Å². The molecule has 0 spiro atoms. The molecule has 3 rings (SSSR count). The number of hydrogen-bond acceptors (Lipinski definition) is 3. The summed E-state index contributed by atoms with van der Waals surface area (Å²) in [6.45, 7) is 12.5. The van der Waals surface area contributed by atoms with Crippen LogP contribution in [0.2, 0.25) is 6.32 Å². The number of rotatable bonds is 7. The predicted octanol–water partition coefficient (Wildman–Crippen LogP) is 6.20. The van der Waals surface area contributed by atoms with Gasteiger partial charge in [0.15, 0.2) is 0 Å². The number of aliphatic hydroxyl groups is 1. The Labute approximate surface area is 198 Å². The monoisotopic (exact) mass is 439 g/mol. The fourth-order valence-electron chi connectivity index (χ4n) is 4.16. The first kappa shape index (κ1) is 24.6. The van der Waals surface area contributed by atoms with Crippen LogP contribution in [0, 0.1) is 6.92 Å². The zero-order valence-electron chi connectivity index (χ0n) is 20.0. The molecule has 0 aromatic heterocycles. The van der Waals surface area contributed by atoms with Gasteiger partial charge in [0.05, 0.1) is 30.1 Å². The lowest BCUT2D eigenvalue weighted by atomic mass is 9.63. The number of benzene rings is 1. The van der Waals surface area contributed by atoms with Crippen molar-refractivity contribution in [3.05, 3.63) is 125 Å². The van der Waals surface area contributed by atoms with Gasteiger partial charge < -0.3 is 14.5 Å². The third-order valence-electron chi connectivity index (χ3n) is 5.95. The Balaban J connectivity index is 2.15. The summed E-state index contributed by atoms with van der Waals surface area (Å²) < 4.78 is 11.3. The zero-order valence-corrected chi connectivity index (χ0v) is 20.0. The van der Waals surface area contributed by atoms with Crippen LogP contribution in [0.15, 0.2) is 114 Å². The van der Waals surface area contributed by atoms with E-state index in [4.69, 9.17) is 9.39 Å². The van der Waals surface area contributed by atoms with E-state index in [0.29, 0.717) is 6.32 Å². The van der Waals surface area contributed by atoms with Gasteiger partial charge in [0.25, 0.3) is 7.48 Å². The third kappa shape index (κ3) is 5.49. The highest BCUT2D eigenvalue weighted by Crippen LogP contribution is 2.48. The number of aryl methyl sites for hydroxylation is 1. The van der Waals surface area contributed by atoms with Gasteiger partial charge in [0.2, 0.25) is 0 Å². The van der Waals surface area contributed by atoms with Gasteiger partial charge in [-0.1, -0.05) is 54.6 Å². The van der Waals surface area contributed by atoms with E-state index in [9.17, 15) is 5.11 Å². The van der Waals surface area contributed by atoms with Crippen molar-refractivity contribution in [2.75, 3.05) is 6.61 Å². The van der Waals surface area contributed by atoms with E-state index in [1.165, 1.54) is 11.1 Å². The van der Waals surface area contributed by atoms with Gasteiger partial charge in [-0.15, -0.1) is 5.73 Å². The van der Waals surface area contributed by atoms with Crippen LogP contribution in [0.1, 0.15) is 31.9 Å². The average Bonchev–Trinajstić information content (AvgIpc) is 3.31. The van der Waals surface area contributed by atoms with Crippen LogP contribution in [0.3, 0.4) is 0 Å². The lowest BCUT2D eigenvalue weighted by Gasteiger charge is -2.38. The molecule has 4 heteroatoms. The van der Waals surface area contributed by atoms with Crippen LogP contribution in [-0.2, 0) is 14.8 Å². The van der Waals surface area contributed by atoms with E-state index in [0.717, 1.165) is 22.3 Å². The molecule has 1 unspecified atom stereocenters. The van der Waals surface area contributed by atoms with Crippen LogP contribution >= 0.6 is 0 Å². The Bertz CT molecular complexity index is 1110. The smallest absolute Gasteiger partial charge is 0.297 e. The Hall–Kier alpha value is -3.04. The summed E-state index contributed by atoms with van der Waals surface area (Å²) in [7, 11) is 1.72. The molecule has 1 atom stereocenters. The highest BCUT2D eigenvalue weighted by molar-refractivity contribution is 6.28. The Morgan fingerprint density at radius 1 is 1.15 bits per heavy atom. The fourth-order valence-corrected chi connectivity index (χ4v) is 4.16. The summed E-state index contributed by atoms with van der Waals surface area (Å²) in [5.74, 6) is 0. The zero-order chi connectivity index (χ0) is 23.9.